The average molecular weight is 255 g/mol. The molecule has 0 aliphatic rings. The molecule has 0 aliphatic heterocycles. The van der Waals surface area contributed by atoms with Crippen molar-refractivity contribution in [2.75, 3.05) is 12.1 Å². The molecule has 2 rings (SSSR count). The minimum absolute atomic E-state index is 0.0488. The summed E-state index contributed by atoms with van der Waals surface area (Å²) in [5.74, 6) is 0. The first-order valence-corrected chi connectivity index (χ1v) is 5.74. The normalized spacial score (nSPS) is 10.6. The molecular formula is C14H13N3O2. The second-order valence-corrected chi connectivity index (χ2v) is 3.92. The molecule has 5 heteroatoms. The first-order valence-electron chi connectivity index (χ1n) is 5.74. The zero-order valence-electron chi connectivity index (χ0n) is 10.4. The fourth-order valence-corrected chi connectivity index (χ4v) is 1.62. The SMILES string of the molecule is CN(/N=C/c1ccccc1[N+](=O)[O-])c1ccccc1. The Morgan fingerprint density at radius 3 is 2.42 bits per heavy atom. The molecule has 0 amide bonds. The van der Waals surface area contributed by atoms with Gasteiger partial charge in [0.1, 0.15) is 0 Å². The predicted octanol–water partition coefficient (Wildman–Crippen LogP) is 3.07. The summed E-state index contributed by atoms with van der Waals surface area (Å²) in [6.45, 7) is 0. The van der Waals surface area contributed by atoms with Gasteiger partial charge in [-0.15, -0.1) is 0 Å². The van der Waals surface area contributed by atoms with Crippen molar-refractivity contribution in [3.8, 4) is 0 Å². The van der Waals surface area contributed by atoms with E-state index in [0.29, 0.717) is 5.56 Å². The number of nitro groups is 1. The lowest BCUT2D eigenvalue weighted by Crippen LogP contribution is -2.08. The molecule has 5 nitrogen and oxygen atoms in total. The fraction of sp³-hybridized carbons (Fsp3) is 0.0714. The van der Waals surface area contributed by atoms with Crippen LogP contribution in [0.15, 0.2) is 59.7 Å². The van der Waals surface area contributed by atoms with Crippen molar-refractivity contribution >= 4 is 17.6 Å². The zero-order valence-corrected chi connectivity index (χ0v) is 10.4. The summed E-state index contributed by atoms with van der Waals surface area (Å²) in [7, 11) is 1.79. The number of benzene rings is 2. The van der Waals surface area contributed by atoms with Gasteiger partial charge >= 0.3 is 0 Å². The molecular weight excluding hydrogens is 242 g/mol. The van der Waals surface area contributed by atoms with Gasteiger partial charge in [0.15, 0.2) is 0 Å². The molecule has 2 aromatic rings. The fourth-order valence-electron chi connectivity index (χ4n) is 1.62. The standard InChI is InChI=1S/C14H13N3O2/c1-16(13-8-3-2-4-9-13)15-11-12-7-5-6-10-14(12)17(18)19/h2-11H,1H3/b15-11+. The van der Waals surface area contributed by atoms with Gasteiger partial charge < -0.3 is 0 Å². The Morgan fingerprint density at radius 2 is 1.74 bits per heavy atom. The Morgan fingerprint density at radius 1 is 1.11 bits per heavy atom. The number of rotatable bonds is 4. The molecule has 0 atom stereocenters. The Kier molecular flexibility index (Phi) is 3.87. The van der Waals surface area contributed by atoms with E-state index in [1.165, 1.54) is 12.3 Å². The first kappa shape index (κ1) is 12.8. The van der Waals surface area contributed by atoms with E-state index in [-0.39, 0.29) is 5.69 Å². The van der Waals surface area contributed by atoms with Gasteiger partial charge in [0.2, 0.25) is 0 Å². The van der Waals surface area contributed by atoms with Crippen LogP contribution in [0.1, 0.15) is 5.56 Å². The van der Waals surface area contributed by atoms with Gasteiger partial charge in [-0.3, -0.25) is 15.1 Å². The van der Waals surface area contributed by atoms with E-state index in [2.05, 4.69) is 5.10 Å². The summed E-state index contributed by atoms with van der Waals surface area (Å²) < 4.78 is 0. The van der Waals surface area contributed by atoms with Crippen molar-refractivity contribution in [2.45, 2.75) is 0 Å². The Balaban J connectivity index is 2.22. The minimum Gasteiger partial charge on any atom is -0.269 e. The van der Waals surface area contributed by atoms with E-state index in [1.54, 1.807) is 30.3 Å². The summed E-state index contributed by atoms with van der Waals surface area (Å²) >= 11 is 0. The maximum atomic E-state index is 10.9. The third-order valence-corrected chi connectivity index (χ3v) is 2.63. The number of nitrogens with zero attached hydrogens (tertiary/aromatic N) is 3. The van der Waals surface area contributed by atoms with Gasteiger partial charge in [-0.05, 0) is 18.2 Å². The number of anilines is 1. The predicted molar refractivity (Wildman–Crippen MR) is 75.5 cm³/mol. The Labute approximate surface area is 110 Å². The second-order valence-electron chi connectivity index (χ2n) is 3.92. The van der Waals surface area contributed by atoms with E-state index in [0.717, 1.165) is 5.69 Å². The molecule has 0 spiro atoms. The van der Waals surface area contributed by atoms with Crippen LogP contribution in [0.4, 0.5) is 11.4 Å². The molecule has 0 saturated heterocycles. The van der Waals surface area contributed by atoms with E-state index in [1.807, 2.05) is 30.3 Å². The van der Waals surface area contributed by atoms with Crippen LogP contribution in [0.2, 0.25) is 0 Å². The maximum Gasteiger partial charge on any atom is 0.278 e. The molecule has 0 heterocycles. The maximum absolute atomic E-state index is 10.9. The molecule has 0 aromatic heterocycles. The Bertz CT molecular complexity index is 597. The molecule has 0 fully saturated rings. The third kappa shape index (κ3) is 3.16. The second kappa shape index (κ2) is 5.77. The highest BCUT2D eigenvalue weighted by atomic mass is 16.6. The van der Waals surface area contributed by atoms with E-state index < -0.39 is 4.92 Å². The molecule has 0 aliphatic carbocycles. The van der Waals surface area contributed by atoms with Crippen molar-refractivity contribution in [3.63, 3.8) is 0 Å². The van der Waals surface area contributed by atoms with Crippen molar-refractivity contribution in [3.05, 3.63) is 70.3 Å². The summed E-state index contributed by atoms with van der Waals surface area (Å²) in [6.07, 6.45) is 1.49. The largest absolute Gasteiger partial charge is 0.278 e. The van der Waals surface area contributed by atoms with Crippen LogP contribution in [0.3, 0.4) is 0 Å². The molecule has 19 heavy (non-hydrogen) atoms. The highest BCUT2D eigenvalue weighted by Crippen LogP contribution is 2.16. The van der Waals surface area contributed by atoms with Crippen LogP contribution in [0.5, 0.6) is 0 Å². The van der Waals surface area contributed by atoms with Crippen molar-refractivity contribution in [1.82, 2.24) is 0 Å². The summed E-state index contributed by atoms with van der Waals surface area (Å²) in [6, 6.07) is 16.1. The van der Waals surface area contributed by atoms with Crippen LogP contribution in [-0.2, 0) is 0 Å². The van der Waals surface area contributed by atoms with Gasteiger partial charge in [-0.25, -0.2) is 0 Å². The van der Waals surface area contributed by atoms with E-state index >= 15 is 0 Å². The van der Waals surface area contributed by atoms with Crippen molar-refractivity contribution in [1.29, 1.82) is 0 Å². The first-order chi connectivity index (χ1) is 9.18. The number of hydrogen-bond acceptors (Lipinski definition) is 4. The molecule has 0 radical (unpaired) electrons. The van der Waals surface area contributed by atoms with Crippen LogP contribution < -0.4 is 5.01 Å². The van der Waals surface area contributed by atoms with E-state index in [9.17, 15) is 10.1 Å². The quantitative estimate of drug-likeness (QED) is 0.479. The molecule has 0 bridgehead atoms. The van der Waals surface area contributed by atoms with Crippen LogP contribution in [-0.4, -0.2) is 18.2 Å². The third-order valence-electron chi connectivity index (χ3n) is 2.63. The zero-order chi connectivity index (χ0) is 13.7. The summed E-state index contributed by atoms with van der Waals surface area (Å²) in [5, 5.41) is 16.7. The lowest BCUT2D eigenvalue weighted by Gasteiger charge is -2.11. The highest BCUT2D eigenvalue weighted by molar-refractivity contribution is 5.85. The van der Waals surface area contributed by atoms with Gasteiger partial charge in [-0.1, -0.05) is 30.3 Å². The topological polar surface area (TPSA) is 58.7 Å². The number of para-hydroxylation sites is 2. The van der Waals surface area contributed by atoms with Crippen LogP contribution in [0.25, 0.3) is 0 Å². The Hall–Kier alpha value is -2.69. The van der Waals surface area contributed by atoms with Crippen LogP contribution >= 0.6 is 0 Å². The molecule has 96 valence electrons. The lowest BCUT2D eigenvalue weighted by atomic mass is 10.2. The number of hydrazone groups is 1. The van der Waals surface area contributed by atoms with Crippen molar-refractivity contribution < 1.29 is 4.92 Å². The molecule has 0 saturated carbocycles. The van der Waals surface area contributed by atoms with Gasteiger partial charge in [-0.2, -0.15) is 5.10 Å². The molecule has 2 aromatic carbocycles. The highest BCUT2D eigenvalue weighted by Gasteiger charge is 2.10. The van der Waals surface area contributed by atoms with Gasteiger partial charge in [0.25, 0.3) is 5.69 Å². The molecule has 0 N–H and O–H groups in total. The molecule has 0 unspecified atom stereocenters. The number of hydrogen-bond donors (Lipinski definition) is 0. The minimum atomic E-state index is -0.413. The van der Waals surface area contributed by atoms with Gasteiger partial charge in [0.05, 0.1) is 22.4 Å². The summed E-state index contributed by atoms with van der Waals surface area (Å²) in [4.78, 5) is 10.5. The van der Waals surface area contributed by atoms with Crippen molar-refractivity contribution in [2.24, 2.45) is 5.10 Å². The monoisotopic (exact) mass is 255 g/mol. The smallest absolute Gasteiger partial charge is 0.269 e. The number of nitro benzene ring substituents is 1. The van der Waals surface area contributed by atoms with E-state index in [4.69, 9.17) is 0 Å². The van der Waals surface area contributed by atoms with Crippen LogP contribution in [0, 0.1) is 10.1 Å². The summed E-state index contributed by atoms with van der Waals surface area (Å²) in [5.41, 5.74) is 1.44. The average Bonchev–Trinajstić information content (AvgIpc) is 2.46. The lowest BCUT2D eigenvalue weighted by molar-refractivity contribution is -0.385. The van der Waals surface area contributed by atoms with Gasteiger partial charge in [0, 0.05) is 13.1 Å².